The number of rotatable bonds is 7. The van der Waals surface area contributed by atoms with Gasteiger partial charge in [-0.05, 0) is 25.2 Å². The highest BCUT2D eigenvalue weighted by Gasteiger charge is 2.27. The molecule has 0 aliphatic heterocycles. The van der Waals surface area contributed by atoms with Crippen LogP contribution < -0.4 is 0 Å². The zero-order valence-electron chi connectivity index (χ0n) is 11.1. The van der Waals surface area contributed by atoms with Crippen molar-refractivity contribution < 1.29 is 18.3 Å². The fraction of sp³-hybridized carbons (Fsp3) is 0.923. The van der Waals surface area contributed by atoms with Crippen LogP contribution >= 0.6 is 0 Å². The van der Waals surface area contributed by atoms with Gasteiger partial charge in [-0.15, -0.1) is 0 Å². The molecule has 1 rings (SSSR count). The molecule has 0 aromatic heterocycles. The predicted molar refractivity (Wildman–Crippen MR) is 71.2 cm³/mol. The van der Waals surface area contributed by atoms with E-state index in [9.17, 15) is 18.3 Å². The van der Waals surface area contributed by atoms with Gasteiger partial charge in [-0.1, -0.05) is 26.2 Å². The molecular formula is C13H24O4S. The molecule has 106 valence electrons. The molecule has 0 bridgehead atoms. The van der Waals surface area contributed by atoms with E-state index in [4.69, 9.17) is 0 Å². The molecule has 0 heterocycles. The minimum atomic E-state index is -3.00. The van der Waals surface area contributed by atoms with Gasteiger partial charge in [-0.3, -0.25) is 4.79 Å². The molecular weight excluding hydrogens is 252 g/mol. The summed E-state index contributed by atoms with van der Waals surface area (Å²) in [6, 6.07) is 0. The van der Waals surface area contributed by atoms with E-state index in [1.54, 1.807) is 6.92 Å². The van der Waals surface area contributed by atoms with E-state index in [-0.39, 0.29) is 29.6 Å². The van der Waals surface area contributed by atoms with Crippen LogP contribution in [0.1, 0.15) is 51.9 Å². The summed E-state index contributed by atoms with van der Waals surface area (Å²) in [4.78, 5) is 11.8. The Kier molecular flexibility index (Phi) is 6.29. The molecule has 4 nitrogen and oxygen atoms in total. The third-order valence-corrected chi connectivity index (χ3v) is 5.53. The second kappa shape index (κ2) is 7.24. The van der Waals surface area contributed by atoms with E-state index in [1.165, 1.54) is 6.42 Å². The first-order valence-electron chi connectivity index (χ1n) is 6.87. The quantitative estimate of drug-likeness (QED) is 0.768. The largest absolute Gasteiger partial charge is 0.385 e. The number of aliphatic hydroxyl groups excluding tert-OH is 1. The van der Waals surface area contributed by atoms with Crippen LogP contribution in [-0.4, -0.2) is 36.9 Å². The second-order valence-electron chi connectivity index (χ2n) is 5.15. The highest BCUT2D eigenvalue weighted by Crippen LogP contribution is 2.27. The zero-order chi connectivity index (χ0) is 13.6. The molecule has 1 N–H and O–H groups in total. The monoisotopic (exact) mass is 276 g/mol. The predicted octanol–water partition coefficient (Wildman–Crippen LogP) is 1.71. The molecule has 1 fully saturated rings. The van der Waals surface area contributed by atoms with Crippen molar-refractivity contribution in [2.24, 2.45) is 5.92 Å². The number of hydrogen-bond donors (Lipinski definition) is 1. The van der Waals surface area contributed by atoms with Crippen LogP contribution in [-0.2, 0) is 14.6 Å². The van der Waals surface area contributed by atoms with Gasteiger partial charge >= 0.3 is 0 Å². The summed E-state index contributed by atoms with van der Waals surface area (Å²) in [6.07, 6.45) is 4.82. The lowest BCUT2D eigenvalue weighted by Crippen LogP contribution is -2.31. The SMILES string of the molecule is CCS(=O)(=O)CCCC(=O)C(O)C1CCCCC1. The zero-order valence-corrected chi connectivity index (χ0v) is 11.9. The van der Waals surface area contributed by atoms with Crippen LogP contribution in [0.2, 0.25) is 0 Å². The molecule has 1 saturated carbocycles. The maximum atomic E-state index is 11.8. The second-order valence-corrected chi connectivity index (χ2v) is 7.62. The number of aliphatic hydroxyl groups is 1. The Labute approximate surface area is 110 Å². The van der Waals surface area contributed by atoms with Gasteiger partial charge < -0.3 is 5.11 Å². The summed E-state index contributed by atoms with van der Waals surface area (Å²) < 4.78 is 22.6. The molecule has 0 aromatic carbocycles. The third kappa shape index (κ3) is 5.06. The molecule has 1 unspecified atom stereocenters. The highest BCUT2D eigenvalue weighted by atomic mass is 32.2. The summed E-state index contributed by atoms with van der Waals surface area (Å²) in [5.41, 5.74) is 0. The molecule has 0 spiro atoms. The molecule has 0 saturated heterocycles. The van der Waals surface area contributed by atoms with Crippen LogP contribution in [0.25, 0.3) is 0 Å². The lowest BCUT2D eigenvalue weighted by molar-refractivity contribution is -0.130. The van der Waals surface area contributed by atoms with Gasteiger partial charge in [-0.25, -0.2) is 8.42 Å². The van der Waals surface area contributed by atoms with Gasteiger partial charge in [0.2, 0.25) is 0 Å². The van der Waals surface area contributed by atoms with Crippen LogP contribution in [0.5, 0.6) is 0 Å². The maximum Gasteiger partial charge on any atom is 0.161 e. The van der Waals surface area contributed by atoms with E-state index in [0.29, 0.717) is 6.42 Å². The van der Waals surface area contributed by atoms with E-state index in [2.05, 4.69) is 0 Å². The van der Waals surface area contributed by atoms with E-state index in [0.717, 1.165) is 25.7 Å². The first-order valence-corrected chi connectivity index (χ1v) is 8.69. The summed E-state index contributed by atoms with van der Waals surface area (Å²) in [7, 11) is -3.00. The molecule has 1 aliphatic rings. The van der Waals surface area contributed by atoms with Gasteiger partial charge in [0.1, 0.15) is 15.9 Å². The molecule has 5 heteroatoms. The molecule has 1 atom stereocenters. The van der Waals surface area contributed by atoms with Crippen molar-refractivity contribution in [3.63, 3.8) is 0 Å². The Balaban J connectivity index is 2.31. The van der Waals surface area contributed by atoms with Crippen molar-refractivity contribution >= 4 is 15.6 Å². The molecule has 0 radical (unpaired) electrons. The van der Waals surface area contributed by atoms with Crippen LogP contribution in [0, 0.1) is 5.92 Å². The highest BCUT2D eigenvalue weighted by molar-refractivity contribution is 7.91. The minimum absolute atomic E-state index is 0.0482. The van der Waals surface area contributed by atoms with Gasteiger partial charge in [0.15, 0.2) is 5.78 Å². The van der Waals surface area contributed by atoms with Gasteiger partial charge in [0.05, 0.1) is 5.75 Å². The first-order chi connectivity index (χ1) is 8.46. The van der Waals surface area contributed by atoms with Crippen LogP contribution in [0.15, 0.2) is 0 Å². The number of sulfone groups is 1. The lowest BCUT2D eigenvalue weighted by atomic mass is 9.83. The number of ketones is 1. The Hall–Kier alpha value is -0.420. The number of carbonyl (C=O) groups excluding carboxylic acids is 1. The van der Waals surface area contributed by atoms with E-state index < -0.39 is 15.9 Å². The van der Waals surface area contributed by atoms with Crippen molar-refractivity contribution in [3.05, 3.63) is 0 Å². The summed E-state index contributed by atoms with van der Waals surface area (Å²) >= 11 is 0. The standard InChI is InChI=1S/C13H24O4S/c1-2-18(16,17)10-6-9-12(14)13(15)11-7-4-3-5-8-11/h11,13,15H,2-10H2,1H3. The van der Waals surface area contributed by atoms with Crippen molar-refractivity contribution in [2.75, 3.05) is 11.5 Å². The summed E-state index contributed by atoms with van der Waals surface area (Å²) in [6.45, 7) is 1.61. The topological polar surface area (TPSA) is 71.4 Å². The summed E-state index contributed by atoms with van der Waals surface area (Å²) in [5, 5.41) is 9.93. The van der Waals surface area contributed by atoms with E-state index in [1.807, 2.05) is 0 Å². The van der Waals surface area contributed by atoms with Crippen LogP contribution in [0.3, 0.4) is 0 Å². The molecule has 18 heavy (non-hydrogen) atoms. The van der Waals surface area contributed by atoms with Gasteiger partial charge in [0.25, 0.3) is 0 Å². The Morgan fingerprint density at radius 3 is 2.44 bits per heavy atom. The van der Waals surface area contributed by atoms with Crippen molar-refractivity contribution in [3.8, 4) is 0 Å². The number of hydrogen-bond acceptors (Lipinski definition) is 4. The minimum Gasteiger partial charge on any atom is -0.385 e. The average molecular weight is 276 g/mol. The summed E-state index contributed by atoms with van der Waals surface area (Å²) in [5.74, 6) is 0.0705. The average Bonchev–Trinajstić information content (AvgIpc) is 2.38. The molecule has 0 aromatic rings. The smallest absolute Gasteiger partial charge is 0.161 e. The van der Waals surface area contributed by atoms with Crippen molar-refractivity contribution in [1.29, 1.82) is 0 Å². The third-order valence-electron chi connectivity index (χ3n) is 3.74. The fourth-order valence-electron chi connectivity index (χ4n) is 2.47. The van der Waals surface area contributed by atoms with E-state index >= 15 is 0 Å². The maximum absolute atomic E-state index is 11.8. The lowest BCUT2D eigenvalue weighted by Gasteiger charge is -2.25. The Morgan fingerprint density at radius 2 is 1.89 bits per heavy atom. The van der Waals surface area contributed by atoms with Gasteiger partial charge in [-0.2, -0.15) is 0 Å². The number of Topliss-reactive ketones (excluding diaryl/α,β-unsaturated/α-hetero) is 1. The first kappa shape index (κ1) is 15.6. The number of carbonyl (C=O) groups is 1. The Bertz CT molecular complexity index is 355. The normalized spacial score (nSPS) is 19.7. The molecule has 0 amide bonds. The van der Waals surface area contributed by atoms with Crippen LogP contribution in [0.4, 0.5) is 0 Å². The van der Waals surface area contributed by atoms with Crippen molar-refractivity contribution in [1.82, 2.24) is 0 Å². The fourth-order valence-corrected chi connectivity index (χ4v) is 3.34. The molecule has 1 aliphatic carbocycles. The Morgan fingerprint density at radius 1 is 1.28 bits per heavy atom. The van der Waals surface area contributed by atoms with Crippen molar-refractivity contribution in [2.45, 2.75) is 58.0 Å². The van der Waals surface area contributed by atoms with Gasteiger partial charge in [0, 0.05) is 12.2 Å².